The Bertz CT molecular complexity index is 681. The second-order valence-electron chi connectivity index (χ2n) is 5.31. The van der Waals surface area contributed by atoms with Crippen molar-refractivity contribution in [1.82, 2.24) is 9.97 Å². The van der Waals surface area contributed by atoms with Gasteiger partial charge in [-0.2, -0.15) is 10.2 Å². The van der Waals surface area contributed by atoms with Crippen LogP contribution in [-0.4, -0.2) is 29.7 Å². The SMILES string of the molecule is Cc1nc(OCC#N)cc(N2CCc3ccccc3CC2)n1. The molecule has 1 aromatic carbocycles. The Morgan fingerprint density at radius 1 is 1.18 bits per heavy atom. The zero-order valence-corrected chi connectivity index (χ0v) is 12.6. The molecule has 0 aliphatic carbocycles. The number of aromatic nitrogens is 2. The van der Waals surface area contributed by atoms with E-state index in [1.807, 2.05) is 19.1 Å². The fraction of sp³-hybridized carbons (Fsp3) is 0.353. The highest BCUT2D eigenvalue weighted by molar-refractivity contribution is 5.44. The van der Waals surface area contributed by atoms with E-state index in [0.29, 0.717) is 11.7 Å². The number of anilines is 1. The first kappa shape index (κ1) is 14.3. The highest BCUT2D eigenvalue weighted by Crippen LogP contribution is 2.22. The highest BCUT2D eigenvalue weighted by atomic mass is 16.5. The Kier molecular flexibility index (Phi) is 4.19. The number of hydrogen-bond donors (Lipinski definition) is 0. The van der Waals surface area contributed by atoms with Gasteiger partial charge < -0.3 is 9.64 Å². The van der Waals surface area contributed by atoms with Gasteiger partial charge in [-0.25, -0.2) is 4.98 Å². The number of rotatable bonds is 3. The molecule has 112 valence electrons. The van der Waals surface area contributed by atoms with Crippen LogP contribution in [-0.2, 0) is 12.8 Å². The van der Waals surface area contributed by atoms with Crippen molar-refractivity contribution in [2.75, 3.05) is 24.6 Å². The Labute approximate surface area is 130 Å². The van der Waals surface area contributed by atoms with Crippen molar-refractivity contribution in [2.24, 2.45) is 0 Å². The molecule has 0 unspecified atom stereocenters. The minimum atomic E-state index is 0.00132. The van der Waals surface area contributed by atoms with Crippen LogP contribution in [0.2, 0.25) is 0 Å². The van der Waals surface area contributed by atoms with Crippen molar-refractivity contribution < 1.29 is 4.74 Å². The van der Waals surface area contributed by atoms with Crippen LogP contribution in [0.4, 0.5) is 5.82 Å². The molecule has 1 aromatic heterocycles. The smallest absolute Gasteiger partial charge is 0.219 e. The van der Waals surface area contributed by atoms with E-state index in [-0.39, 0.29) is 6.61 Å². The summed E-state index contributed by atoms with van der Waals surface area (Å²) >= 11 is 0. The first-order valence-corrected chi connectivity index (χ1v) is 7.43. The second-order valence-corrected chi connectivity index (χ2v) is 5.31. The Morgan fingerprint density at radius 3 is 2.50 bits per heavy atom. The Morgan fingerprint density at radius 2 is 1.86 bits per heavy atom. The molecular weight excluding hydrogens is 276 g/mol. The Hall–Kier alpha value is -2.61. The summed E-state index contributed by atoms with van der Waals surface area (Å²) in [7, 11) is 0. The fourth-order valence-corrected chi connectivity index (χ4v) is 2.76. The third kappa shape index (κ3) is 3.17. The molecule has 2 heterocycles. The van der Waals surface area contributed by atoms with E-state index in [2.05, 4.69) is 39.1 Å². The third-order valence-corrected chi connectivity index (χ3v) is 3.83. The number of fused-ring (bicyclic) bond motifs is 1. The number of nitrogens with zero attached hydrogens (tertiary/aromatic N) is 4. The van der Waals surface area contributed by atoms with Crippen LogP contribution in [0, 0.1) is 18.3 Å². The van der Waals surface area contributed by atoms with Gasteiger partial charge in [-0.05, 0) is 30.9 Å². The molecule has 5 nitrogen and oxygen atoms in total. The lowest BCUT2D eigenvalue weighted by Gasteiger charge is -2.22. The van der Waals surface area contributed by atoms with E-state index >= 15 is 0 Å². The maximum atomic E-state index is 8.62. The van der Waals surface area contributed by atoms with E-state index in [1.165, 1.54) is 11.1 Å². The molecule has 1 aliphatic heterocycles. The molecule has 5 heteroatoms. The molecule has 2 aromatic rings. The minimum Gasteiger partial charge on any atom is -0.462 e. The van der Waals surface area contributed by atoms with Crippen LogP contribution in [0.5, 0.6) is 5.88 Å². The molecule has 0 saturated carbocycles. The standard InChI is InChI=1S/C17H18N4O/c1-13-19-16(12-17(20-13)22-11-8-18)21-9-6-14-4-2-3-5-15(14)7-10-21/h2-5,12H,6-7,9-11H2,1H3. The third-order valence-electron chi connectivity index (χ3n) is 3.83. The average molecular weight is 294 g/mol. The van der Waals surface area contributed by atoms with Crippen molar-refractivity contribution in [3.63, 3.8) is 0 Å². The number of nitriles is 1. The molecule has 0 N–H and O–H groups in total. The van der Waals surface area contributed by atoms with Gasteiger partial charge in [-0.1, -0.05) is 24.3 Å². The lowest BCUT2D eigenvalue weighted by atomic mass is 10.0. The molecule has 0 fully saturated rings. The van der Waals surface area contributed by atoms with Crippen LogP contribution in [0.25, 0.3) is 0 Å². The first-order chi connectivity index (χ1) is 10.8. The summed E-state index contributed by atoms with van der Waals surface area (Å²) in [4.78, 5) is 11.0. The Balaban J connectivity index is 1.80. The summed E-state index contributed by atoms with van der Waals surface area (Å²) in [6.45, 7) is 3.69. The number of aryl methyl sites for hydroxylation is 1. The van der Waals surface area contributed by atoms with Gasteiger partial charge in [-0.15, -0.1) is 0 Å². The van der Waals surface area contributed by atoms with E-state index in [0.717, 1.165) is 31.7 Å². The molecule has 0 radical (unpaired) electrons. The molecule has 0 spiro atoms. The predicted octanol–water partition coefficient (Wildman–Crippen LogP) is 2.29. The van der Waals surface area contributed by atoms with Gasteiger partial charge in [0, 0.05) is 19.2 Å². The zero-order chi connectivity index (χ0) is 15.4. The summed E-state index contributed by atoms with van der Waals surface area (Å²) in [5.74, 6) is 1.99. The van der Waals surface area contributed by atoms with E-state index in [1.54, 1.807) is 0 Å². The van der Waals surface area contributed by atoms with Crippen molar-refractivity contribution in [2.45, 2.75) is 19.8 Å². The summed E-state index contributed by atoms with van der Waals surface area (Å²) in [5, 5.41) is 8.62. The van der Waals surface area contributed by atoms with Gasteiger partial charge in [0.05, 0.1) is 0 Å². The molecular formula is C17H18N4O. The van der Waals surface area contributed by atoms with Crippen molar-refractivity contribution in [1.29, 1.82) is 5.26 Å². The van der Waals surface area contributed by atoms with E-state index < -0.39 is 0 Å². The highest BCUT2D eigenvalue weighted by Gasteiger charge is 2.16. The lowest BCUT2D eigenvalue weighted by molar-refractivity contribution is 0.351. The lowest BCUT2D eigenvalue weighted by Crippen LogP contribution is -2.27. The van der Waals surface area contributed by atoms with Crippen LogP contribution >= 0.6 is 0 Å². The van der Waals surface area contributed by atoms with Crippen molar-refractivity contribution in [3.05, 3.63) is 47.3 Å². The van der Waals surface area contributed by atoms with Gasteiger partial charge in [0.2, 0.25) is 5.88 Å². The maximum Gasteiger partial charge on any atom is 0.219 e. The topological polar surface area (TPSA) is 62.0 Å². The molecule has 0 saturated heterocycles. The molecule has 22 heavy (non-hydrogen) atoms. The van der Waals surface area contributed by atoms with E-state index in [4.69, 9.17) is 10.00 Å². The normalized spacial score (nSPS) is 13.9. The van der Waals surface area contributed by atoms with Gasteiger partial charge in [0.25, 0.3) is 0 Å². The monoisotopic (exact) mass is 294 g/mol. The molecule has 3 rings (SSSR count). The maximum absolute atomic E-state index is 8.62. The number of ether oxygens (including phenoxy) is 1. The second kappa shape index (κ2) is 6.44. The van der Waals surface area contributed by atoms with Gasteiger partial charge in [0.15, 0.2) is 6.61 Å². The van der Waals surface area contributed by atoms with Crippen LogP contribution < -0.4 is 9.64 Å². The summed E-state index contributed by atoms with van der Waals surface area (Å²) in [6.07, 6.45) is 2.02. The van der Waals surface area contributed by atoms with Gasteiger partial charge in [0.1, 0.15) is 17.7 Å². The largest absolute Gasteiger partial charge is 0.462 e. The van der Waals surface area contributed by atoms with Gasteiger partial charge in [-0.3, -0.25) is 0 Å². The van der Waals surface area contributed by atoms with Crippen LogP contribution in [0.3, 0.4) is 0 Å². The van der Waals surface area contributed by atoms with Gasteiger partial charge >= 0.3 is 0 Å². The molecule has 1 aliphatic rings. The summed E-state index contributed by atoms with van der Waals surface area (Å²) in [6, 6.07) is 12.4. The average Bonchev–Trinajstić information content (AvgIpc) is 2.75. The van der Waals surface area contributed by atoms with Crippen LogP contribution in [0.15, 0.2) is 30.3 Å². The van der Waals surface area contributed by atoms with Crippen LogP contribution in [0.1, 0.15) is 17.0 Å². The number of hydrogen-bond acceptors (Lipinski definition) is 5. The minimum absolute atomic E-state index is 0.00132. The quantitative estimate of drug-likeness (QED) is 0.869. The predicted molar refractivity (Wildman–Crippen MR) is 83.9 cm³/mol. The zero-order valence-electron chi connectivity index (χ0n) is 12.6. The summed E-state index contributed by atoms with van der Waals surface area (Å²) in [5.41, 5.74) is 2.83. The number of benzene rings is 1. The van der Waals surface area contributed by atoms with Crippen molar-refractivity contribution in [3.8, 4) is 11.9 Å². The molecule has 0 bridgehead atoms. The fourth-order valence-electron chi connectivity index (χ4n) is 2.76. The summed E-state index contributed by atoms with van der Waals surface area (Å²) < 4.78 is 5.32. The van der Waals surface area contributed by atoms with Crippen molar-refractivity contribution >= 4 is 5.82 Å². The first-order valence-electron chi connectivity index (χ1n) is 7.43. The molecule has 0 amide bonds. The van der Waals surface area contributed by atoms with E-state index in [9.17, 15) is 0 Å². The molecule has 0 atom stereocenters.